The summed E-state index contributed by atoms with van der Waals surface area (Å²) in [6, 6.07) is 6.08. The van der Waals surface area contributed by atoms with Crippen molar-refractivity contribution in [3.05, 3.63) is 35.6 Å². The average Bonchev–Trinajstić information content (AvgIpc) is 3.25. The van der Waals surface area contributed by atoms with Gasteiger partial charge in [-0.25, -0.2) is 0 Å². The monoisotopic (exact) mass is 417 g/mol. The highest BCUT2D eigenvalue weighted by Crippen LogP contribution is 2.38. The number of amides is 1. The Hall–Kier alpha value is -2.25. The molecule has 4 rings (SSSR count). The van der Waals surface area contributed by atoms with E-state index in [-0.39, 0.29) is 31.3 Å². The Morgan fingerprint density at radius 1 is 1.13 bits per heavy atom. The maximum atomic E-state index is 12.9. The molecule has 1 aromatic carbocycles. The van der Waals surface area contributed by atoms with E-state index in [0.29, 0.717) is 25.2 Å². The van der Waals surface area contributed by atoms with Crippen LogP contribution in [0, 0.1) is 0 Å². The highest BCUT2D eigenvalue weighted by atomic mass is 16.7. The highest BCUT2D eigenvalue weighted by Gasteiger charge is 2.30. The maximum Gasteiger partial charge on any atom is 0.286 e. The molecule has 2 aliphatic heterocycles. The molecule has 1 fully saturated rings. The first-order chi connectivity index (χ1) is 14.7. The maximum absolute atomic E-state index is 12.9. The van der Waals surface area contributed by atoms with Gasteiger partial charge in [-0.15, -0.1) is 0 Å². The molecule has 1 saturated carbocycles. The summed E-state index contributed by atoms with van der Waals surface area (Å²) in [6.07, 6.45) is 9.02. The molecule has 0 radical (unpaired) electrons. The van der Waals surface area contributed by atoms with Crippen LogP contribution in [0.2, 0.25) is 0 Å². The van der Waals surface area contributed by atoms with Crippen LogP contribution in [-0.4, -0.2) is 43.4 Å². The molecule has 0 spiro atoms. The van der Waals surface area contributed by atoms with Gasteiger partial charge in [-0.1, -0.05) is 25.3 Å². The standard InChI is InChI=1S/C23H31NO6/c25-10-4-5-11-27-22-14-17(16-8-9-19-20(12-16)29-15-28-19)13-21(30-22)23(26)24-18-6-2-1-3-7-18/h8-9,12-13,17-18,22,25H,1-7,10-11,14-15H2,(H,24,26)/t17-,22+/m1/s1. The Bertz CT molecular complexity index is 758. The minimum atomic E-state index is -0.503. The largest absolute Gasteiger partial charge is 0.459 e. The molecule has 2 atom stereocenters. The van der Waals surface area contributed by atoms with E-state index in [2.05, 4.69) is 5.32 Å². The van der Waals surface area contributed by atoms with Gasteiger partial charge in [0.2, 0.25) is 13.1 Å². The number of nitrogens with one attached hydrogen (secondary N) is 1. The minimum absolute atomic E-state index is 0.0248. The molecule has 2 N–H and O–H groups in total. The predicted octanol–water partition coefficient (Wildman–Crippen LogP) is 3.37. The van der Waals surface area contributed by atoms with E-state index in [1.54, 1.807) is 0 Å². The van der Waals surface area contributed by atoms with Gasteiger partial charge in [0.15, 0.2) is 17.3 Å². The van der Waals surface area contributed by atoms with Gasteiger partial charge in [-0.3, -0.25) is 4.79 Å². The summed E-state index contributed by atoms with van der Waals surface area (Å²) in [4.78, 5) is 12.9. The lowest BCUT2D eigenvalue weighted by atomic mass is 9.92. The van der Waals surface area contributed by atoms with Gasteiger partial charge in [0.1, 0.15) is 0 Å². The zero-order valence-corrected chi connectivity index (χ0v) is 17.3. The zero-order chi connectivity index (χ0) is 20.8. The van der Waals surface area contributed by atoms with E-state index < -0.39 is 6.29 Å². The molecule has 7 nitrogen and oxygen atoms in total. The SMILES string of the molecule is O=C(NC1CCCCC1)C1=C[C@@H](c2ccc3c(c2)OCO3)C[C@@H](OCCCCO)O1. The van der Waals surface area contributed by atoms with Crippen molar-refractivity contribution < 1.29 is 28.8 Å². The summed E-state index contributed by atoms with van der Waals surface area (Å²) in [5.41, 5.74) is 1.04. The lowest BCUT2D eigenvalue weighted by molar-refractivity contribution is -0.147. The van der Waals surface area contributed by atoms with Crippen molar-refractivity contribution >= 4 is 5.91 Å². The second-order valence-corrected chi connectivity index (χ2v) is 8.14. The van der Waals surface area contributed by atoms with Crippen molar-refractivity contribution in [3.8, 4) is 11.5 Å². The Morgan fingerprint density at radius 3 is 2.80 bits per heavy atom. The van der Waals surface area contributed by atoms with Gasteiger partial charge in [0.25, 0.3) is 5.91 Å². The molecular formula is C23H31NO6. The quantitative estimate of drug-likeness (QED) is 0.631. The van der Waals surface area contributed by atoms with E-state index in [1.807, 2.05) is 24.3 Å². The third-order valence-electron chi connectivity index (χ3n) is 5.90. The van der Waals surface area contributed by atoms with Crippen molar-refractivity contribution in [3.63, 3.8) is 0 Å². The van der Waals surface area contributed by atoms with Crippen LogP contribution in [0.25, 0.3) is 0 Å². The third-order valence-corrected chi connectivity index (χ3v) is 5.90. The Labute approximate surface area is 177 Å². The third kappa shape index (κ3) is 5.26. The number of fused-ring (bicyclic) bond motifs is 1. The van der Waals surface area contributed by atoms with E-state index >= 15 is 0 Å². The first-order valence-electron chi connectivity index (χ1n) is 11.0. The van der Waals surface area contributed by atoms with Gasteiger partial charge in [-0.05, 0) is 49.5 Å². The predicted molar refractivity (Wildman–Crippen MR) is 110 cm³/mol. The second-order valence-electron chi connectivity index (χ2n) is 8.14. The second kappa shape index (κ2) is 10.2. The van der Waals surface area contributed by atoms with Crippen LogP contribution >= 0.6 is 0 Å². The molecule has 0 bridgehead atoms. The fourth-order valence-electron chi connectivity index (χ4n) is 4.23. The number of ether oxygens (including phenoxy) is 4. The summed E-state index contributed by atoms with van der Waals surface area (Å²) in [7, 11) is 0. The number of rotatable bonds is 8. The Balaban J connectivity index is 1.48. The molecule has 0 saturated heterocycles. The number of hydrogen-bond donors (Lipinski definition) is 2. The van der Waals surface area contributed by atoms with Crippen LogP contribution in [0.4, 0.5) is 0 Å². The van der Waals surface area contributed by atoms with Crippen LogP contribution in [0.3, 0.4) is 0 Å². The summed E-state index contributed by atoms with van der Waals surface area (Å²) >= 11 is 0. The normalized spacial score (nSPS) is 23.6. The van der Waals surface area contributed by atoms with E-state index in [1.165, 1.54) is 6.42 Å². The Morgan fingerprint density at radius 2 is 1.97 bits per heavy atom. The fourth-order valence-corrected chi connectivity index (χ4v) is 4.23. The molecular weight excluding hydrogens is 386 g/mol. The van der Waals surface area contributed by atoms with E-state index in [4.69, 9.17) is 24.1 Å². The molecule has 0 unspecified atom stereocenters. The lowest BCUT2D eigenvalue weighted by Crippen LogP contribution is -2.39. The highest BCUT2D eigenvalue weighted by molar-refractivity contribution is 5.92. The molecule has 30 heavy (non-hydrogen) atoms. The number of aliphatic hydroxyl groups excluding tert-OH is 1. The van der Waals surface area contributed by atoms with Gasteiger partial charge < -0.3 is 29.4 Å². The molecule has 1 aromatic rings. The van der Waals surface area contributed by atoms with E-state index in [0.717, 1.165) is 49.2 Å². The first kappa shape index (κ1) is 21.0. The molecule has 1 aliphatic carbocycles. The van der Waals surface area contributed by atoms with E-state index in [9.17, 15) is 4.79 Å². The molecule has 3 aliphatic rings. The smallest absolute Gasteiger partial charge is 0.286 e. The van der Waals surface area contributed by atoms with Crippen molar-refractivity contribution in [2.24, 2.45) is 0 Å². The van der Waals surface area contributed by atoms with Gasteiger partial charge in [0.05, 0.1) is 6.61 Å². The lowest BCUT2D eigenvalue weighted by Gasteiger charge is -2.30. The Kier molecular flexibility index (Phi) is 7.12. The van der Waals surface area contributed by atoms with Crippen LogP contribution in [0.15, 0.2) is 30.0 Å². The molecule has 7 heteroatoms. The van der Waals surface area contributed by atoms with Crippen LogP contribution < -0.4 is 14.8 Å². The van der Waals surface area contributed by atoms with Crippen LogP contribution in [0.1, 0.15) is 62.8 Å². The van der Waals surface area contributed by atoms with Crippen molar-refractivity contribution in [1.29, 1.82) is 0 Å². The summed E-state index contributed by atoms with van der Waals surface area (Å²) in [6.45, 7) is 0.855. The summed E-state index contributed by atoms with van der Waals surface area (Å²) in [5.74, 6) is 1.59. The fraction of sp³-hybridized carbons (Fsp3) is 0.609. The van der Waals surface area contributed by atoms with Crippen LogP contribution in [-0.2, 0) is 14.3 Å². The number of aliphatic hydroxyl groups is 1. The van der Waals surface area contributed by atoms with Crippen molar-refractivity contribution in [2.75, 3.05) is 20.0 Å². The average molecular weight is 418 g/mol. The van der Waals surface area contributed by atoms with Gasteiger partial charge in [0, 0.05) is 25.0 Å². The summed E-state index contributed by atoms with van der Waals surface area (Å²) in [5, 5.41) is 12.1. The minimum Gasteiger partial charge on any atom is -0.459 e. The number of benzene rings is 1. The van der Waals surface area contributed by atoms with Crippen molar-refractivity contribution in [2.45, 2.75) is 69.6 Å². The van der Waals surface area contributed by atoms with Crippen molar-refractivity contribution in [1.82, 2.24) is 5.32 Å². The zero-order valence-electron chi connectivity index (χ0n) is 17.3. The van der Waals surface area contributed by atoms with Gasteiger partial charge in [-0.2, -0.15) is 0 Å². The van der Waals surface area contributed by atoms with Crippen LogP contribution in [0.5, 0.6) is 11.5 Å². The van der Waals surface area contributed by atoms with Gasteiger partial charge >= 0.3 is 0 Å². The number of carbonyl (C=O) groups excluding carboxylic acids is 1. The molecule has 0 aromatic heterocycles. The number of allylic oxidation sites excluding steroid dienone is 1. The number of carbonyl (C=O) groups is 1. The molecule has 1 amide bonds. The number of hydrogen-bond acceptors (Lipinski definition) is 6. The summed E-state index contributed by atoms with van der Waals surface area (Å²) < 4.78 is 22.7. The topological polar surface area (TPSA) is 86.3 Å². The molecule has 164 valence electrons. The first-order valence-corrected chi connectivity index (χ1v) is 11.0. The number of unbranched alkanes of at least 4 members (excludes halogenated alkanes) is 1. The molecule has 2 heterocycles.